The molecule has 3 unspecified atom stereocenters. The maximum atomic E-state index is 12.1. The molecule has 1 aliphatic heterocycles. The smallest absolute Gasteiger partial charge is 0.239 e. The van der Waals surface area contributed by atoms with Gasteiger partial charge in [0.1, 0.15) is 0 Å². The molecule has 92 valence electrons. The van der Waals surface area contributed by atoms with Gasteiger partial charge in [0.2, 0.25) is 5.91 Å². The van der Waals surface area contributed by atoms with Crippen molar-refractivity contribution in [3.05, 3.63) is 0 Å². The van der Waals surface area contributed by atoms with Crippen molar-refractivity contribution < 1.29 is 9.53 Å². The number of carbonyl (C=O) groups is 1. The monoisotopic (exact) mass is 226 g/mol. The van der Waals surface area contributed by atoms with E-state index >= 15 is 0 Å². The number of fused-ring (bicyclic) bond motifs is 1. The van der Waals surface area contributed by atoms with Crippen LogP contribution >= 0.6 is 0 Å². The standard InChI is InChI=1S/C12H22N2O2/c1-9(13)12(15)14-6-7-16-8-10-4-2-3-5-11(10)14/h9-11H,2-8,13H2,1H3. The fourth-order valence-corrected chi connectivity index (χ4v) is 2.89. The Bertz CT molecular complexity index is 255. The van der Waals surface area contributed by atoms with E-state index in [0.29, 0.717) is 25.1 Å². The van der Waals surface area contributed by atoms with Crippen molar-refractivity contribution >= 4 is 5.91 Å². The van der Waals surface area contributed by atoms with Crippen LogP contribution in [0.3, 0.4) is 0 Å². The molecule has 3 atom stereocenters. The molecule has 1 amide bonds. The first-order chi connectivity index (χ1) is 7.70. The van der Waals surface area contributed by atoms with Gasteiger partial charge in [-0.05, 0) is 19.8 Å². The first-order valence-electron chi connectivity index (χ1n) is 6.34. The maximum Gasteiger partial charge on any atom is 0.239 e. The number of hydrogen-bond donors (Lipinski definition) is 1. The average Bonchev–Trinajstić information content (AvgIpc) is 2.50. The molecule has 0 aromatic heterocycles. The van der Waals surface area contributed by atoms with E-state index in [2.05, 4.69) is 0 Å². The first kappa shape index (κ1) is 11.9. The second kappa shape index (κ2) is 5.15. The van der Waals surface area contributed by atoms with E-state index in [9.17, 15) is 4.79 Å². The number of hydrogen-bond acceptors (Lipinski definition) is 3. The number of nitrogens with two attached hydrogens (primary N) is 1. The number of amides is 1. The normalized spacial score (nSPS) is 32.8. The van der Waals surface area contributed by atoms with E-state index in [1.807, 2.05) is 4.90 Å². The molecule has 0 radical (unpaired) electrons. The lowest BCUT2D eigenvalue weighted by molar-refractivity contribution is -0.135. The van der Waals surface area contributed by atoms with Gasteiger partial charge in [0, 0.05) is 18.5 Å². The lowest BCUT2D eigenvalue weighted by Crippen LogP contribution is -2.51. The van der Waals surface area contributed by atoms with E-state index in [1.165, 1.54) is 19.3 Å². The molecule has 16 heavy (non-hydrogen) atoms. The Labute approximate surface area is 97.1 Å². The van der Waals surface area contributed by atoms with Crippen LogP contribution in [0.4, 0.5) is 0 Å². The summed E-state index contributed by atoms with van der Waals surface area (Å²) in [6, 6.07) is -0.0181. The summed E-state index contributed by atoms with van der Waals surface area (Å²) < 4.78 is 5.59. The molecule has 0 aromatic carbocycles. The van der Waals surface area contributed by atoms with Crippen molar-refractivity contribution in [1.82, 2.24) is 4.90 Å². The molecule has 0 aromatic rings. The van der Waals surface area contributed by atoms with Gasteiger partial charge in [0.05, 0.1) is 19.3 Å². The Morgan fingerprint density at radius 3 is 2.94 bits per heavy atom. The van der Waals surface area contributed by atoms with Gasteiger partial charge in [0.25, 0.3) is 0 Å². The predicted molar refractivity (Wildman–Crippen MR) is 61.9 cm³/mol. The van der Waals surface area contributed by atoms with Crippen LogP contribution in [0, 0.1) is 5.92 Å². The lowest BCUT2D eigenvalue weighted by atomic mass is 9.84. The third-order valence-corrected chi connectivity index (χ3v) is 3.75. The third kappa shape index (κ3) is 2.38. The predicted octanol–water partition coefficient (Wildman–Crippen LogP) is 0.751. The number of ether oxygens (including phenoxy) is 1. The molecule has 1 heterocycles. The second-order valence-electron chi connectivity index (χ2n) is 5.01. The van der Waals surface area contributed by atoms with Gasteiger partial charge in [-0.1, -0.05) is 12.8 Å². The SMILES string of the molecule is CC(N)C(=O)N1CCOCC2CCCCC21. The Morgan fingerprint density at radius 1 is 1.44 bits per heavy atom. The van der Waals surface area contributed by atoms with Crippen LogP contribution in [0.2, 0.25) is 0 Å². The average molecular weight is 226 g/mol. The zero-order valence-electron chi connectivity index (χ0n) is 10.0. The number of nitrogens with zero attached hydrogens (tertiary/aromatic N) is 1. The summed E-state index contributed by atoms with van der Waals surface area (Å²) in [4.78, 5) is 14.0. The molecular formula is C12H22N2O2. The summed E-state index contributed by atoms with van der Waals surface area (Å²) in [7, 11) is 0. The van der Waals surface area contributed by atoms with Crippen LogP contribution in [-0.2, 0) is 9.53 Å². The zero-order valence-corrected chi connectivity index (χ0v) is 10.0. The molecule has 2 N–H and O–H groups in total. The summed E-state index contributed by atoms with van der Waals surface area (Å²) in [5.41, 5.74) is 5.71. The summed E-state index contributed by atoms with van der Waals surface area (Å²) in [6.07, 6.45) is 4.80. The van der Waals surface area contributed by atoms with E-state index in [0.717, 1.165) is 13.0 Å². The molecule has 0 bridgehead atoms. The van der Waals surface area contributed by atoms with Gasteiger partial charge in [-0.3, -0.25) is 4.79 Å². The lowest BCUT2D eigenvalue weighted by Gasteiger charge is -2.38. The Hall–Kier alpha value is -0.610. The molecule has 2 aliphatic rings. The van der Waals surface area contributed by atoms with Crippen molar-refractivity contribution in [3.8, 4) is 0 Å². The number of rotatable bonds is 1. The molecule has 1 saturated heterocycles. The maximum absolute atomic E-state index is 12.1. The molecule has 1 aliphatic carbocycles. The summed E-state index contributed by atoms with van der Waals surface area (Å²) >= 11 is 0. The molecule has 2 fully saturated rings. The number of carbonyl (C=O) groups excluding carboxylic acids is 1. The Morgan fingerprint density at radius 2 is 2.19 bits per heavy atom. The minimum Gasteiger partial charge on any atom is -0.379 e. The topological polar surface area (TPSA) is 55.6 Å². The van der Waals surface area contributed by atoms with E-state index in [1.54, 1.807) is 6.92 Å². The fraction of sp³-hybridized carbons (Fsp3) is 0.917. The molecule has 2 rings (SSSR count). The molecular weight excluding hydrogens is 204 g/mol. The van der Waals surface area contributed by atoms with Crippen molar-refractivity contribution in [2.75, 3.05) is 19.8 Å². The highest BCUT2D eigenvalue weighted by atomic mass is 16.5. The van der Waals surface area contributed by atoms with Crippen LogP contribution in [0.1, 0.15) is 32.6 Å². The van der Waals surface area contributed by atoms with E-state index in [-0.39, 0.29) is 11.9 Å². The molecule has 1 saturated carbocycles. The third-order valence-electron chi connectivity index (χ3n) is 3.75. The van der Waals surface area contributed by atoms with Gasteiger partial charge < -0.3 is 15.4 Å². The minimum absolute atomic E-state index is 0.0856. The Kier molecular flexibility index (Phi) is 3.82. The van der Waals surface area contributed by atoms with Crippen molar-refractivity contribution in [2.45, 2.75) is 44.7 Å². The van der Waals surface area contributed by atoms with Gasteiger partial charge in [-0.25, -0.2) is 0 Å². The van der Waals surface area contributed by atoms with E-state index < -0.39 is 0 Å². The largest absolute Gasteiger partial charge is 0.379 e. The van der Waals surface area contributed by atoms with Crippen molar-refractivity contribution in [2.24, 2.45) is 11.7 Å². The van der Waals surface area contributed by atoms with Crippen LogP contribution in [0.15, 0.2) is 0 Å². The van der Waals surface area contributed by atoms with Gasteiger partial charge in [-0.15, -0.1) is 0 Å². The van der Waals surface area contributed by atoms with Gasteiger partial charge in [-0.2, -0.15) is 0 Å². The summed E-state index contributed by atoms with van der Waals surface area (Å²) in [6.45, 7) is 3.95. The van der Waals surface area contributed by atoms with Crippen LogP contribution in [-0.4, -0.2) is 42.6 Å². The Balaban J connectivity index is 2.11. The first-order valence-corrected chi connectivity index (χ1v) is 6.34. The molecule has 0 spiro atoms. The second-order valence-corrected chi connectivity index (χ2v) is 5.01. The zero-order chi connectivity index (χ0) is 11.5. The molecule has 4 heteroatoms. The minimum atomic E-state index is -0.388. The van der Waals surface area contributed by atoms with Gasteiger partial charge in [0.15, 0.2) is 0 Å². The quantitative estimate of drug-likeness (QED) is 0.718. The van der Waals surface area contributed by atoms with Gasteiger partial charge >= 0.3 is 0 Å². The van der Waals surface area contributed by atoms with E-state index in [4.69, 9.17) is 10.5 Å². The molecule has 4 nitrogen and oxygen atoms in total. The highest BCUT2D eigenvalue weighted by molar-refractivity contribution is 5.81. The van der Waals surface area contributed by atoms with Crippen LogP contribution < -0.4 is 5.73 Å². The summed E-state index contributed by atoms with van der Waals surface area (Å²) in [5, 5.41) is 0. The van der Waals surface area contributed by atoms with Crippen LogP contribution in [0.5, 0.6) is 0 Å². The fourth-order valence-electron chi connectivity index (χ4n) is 2.89. The van der Waals surface area contributed by atoms with Crippen LogP contribution in [0.25, 0.3) is 0 Å². The highest BCUT2D eigenvalue weighted by Crippen LogP contribution is 2.30. The van der Waals surface area contributed by atoms with Crippen molar-refractivity contribution in [1.29, 1.82) is 0 Å². The highest BCUT2D eigenvalue weighted by Gasteiger charge is 2.35. The van der Waals surface area contributed by atoms with Crippen molar-refractivity contribution in [3.63, 3.8) is 0 Å². The summed E-state index contributed by atoms with van der Waals surface area (Å²) in [5.74, 6) is 0.612.